The summed E-state index contributed by atoms with van der Waals surface area (Å²) in [5.41, 5.74) is 4.13. The van der Waals surface area contributed by atoms with Gasteiger partial charge in [0.15, 0.2) is 17.2 Å². The molecular formula is C26H37N5O3. The molecule has 2 aliphatic rings. The maximum atomic E-state index is 13.4. The first kappa shape index (κ1) is 24.3. The molecular weight excluding hydrogens is 430 g/mol. The molecule has 2 heterocycles. The molecule has 1 unspecified atom stereocenters. The molecule has 1 saturated heterocycles. The molecule has 0 spiro atoms. The summed E-state index contributed by atoms with van der Waals surface area (Å²) in [6, 6.07) is 6.39. The molecule has 0 saturated carbocycles. The topological polar surface area (TPSA) is 71.9 Å². The highest BCUT2D eigenvalue weighted by Gasteiger charge is 2.31. The number of carbonyl (C=O) groups excluding carboxylic acids is 1. The van der Waals surface area contributed by atoms with Gasteiger partial charge >= 0.3 is 0 Å². The molecule has 2 aromatic rings. The molecule has 1 amide bonds. The van der Waals surface area contributed by atoms with Crippen molar-refractivity contribution in [2.24, 2.45) is 0 Å². The molecule has 1 fully saturated rings. The molecule has 1 aromatic heterocycles. The number of allylic oxidation sites excluding steroid dienone is 1. The van der Waals surface area contributed by atoms with Crippen LogP contribution >= 0.6 is 0 Å². The van der Waals surface area contributed by atoms with Crippen molar-refractivity contribution in [3.05, 3.63) is 53.4 Å². The number of rotatable bonds is 9. The van der Waals surface area contributed by atoms with Crippen LogP contribution in [-0.4, -0.2) is 85.5 Å². The summed E-state index contributed by atoms with van der Waals surface area (Å²) in [6.45, 7) is 8.69. The third-order valence-electron chi connectivity index (χ3n) is 6.94. The van der Waals surface area contributed by atoms with Gasteiger partial charge in [-0.15, -0.1) is 6.58 Å². The van der Waals surface area contributed by atoms with Gasteiger partial charge < -0.3 is 24.6 Å². The number of benzene rings is 1. The van der Waals surface area contributed by atoms with Gasteiger partial charge in [-0.25, -0.2) is 0 Å². The minimum atomic E-state index is 0.0677. The van der Waals surface area contributed by atoms with E-state index in [2.05, 4.69) is 29.9 Å². The Morgan fingerprint density at radius 3 is 2.68 bits per heavy atom. The predicted octanol–water partition coefficient (Wildman–Crippen LogP) is 2.16. The SMILES string of the molecule is C=CCn1nc(C(=O)N2CCN(C)CC2)c2c1CCC(NCCc1ccc(OC)c(OC)c1)C2. The van der Waals surface area contributed by atoms with Crippen LogP contribution in [0.5, 0.6) is 11.5 Å². The summed E-state index contributed by atoms with van der Waals surface area (Å²) in [6.07, 6.45) is 5.52. The van der Waals surface area contributed by atoms with Gasteiger partial charge in [-0.2, -0.15) is 5.10 Å². The van der Waals surface area contributed by atoms with Crippen LogP contribution in [0.2, 0.25) is 0 Å². The number of piperazine rings is 1. The van der Waals surface area contributed by atoms with E-state index < -0.39 is 0 Å². The smallest absolute Gasteiger partial charge is 0.274 e. The second-order valence-electron chi connectivity index (χ2n) is 9.17. The monoisotopic (exact) mass is 467 g/mol. The van der Waals surface area contributed by atoms with Crippen LogP contribution in [0.3, 0.4) is 0 Å². The van der Waals surface area contributed by atoms with Gasteiger partial charge in [0.2, 0.25) is 0 Å². The highest BCUT2D eigenvalue weighted by molar-refractivity contribution is 5.94. The summed E-state index contributed by atoms with van der Waals surface area (Å²) in [4.78, 5) is 17.6. The summed E-state index contributed by atoms with van der Waals surface area (Å²) >= 11 is 0. The van der Waals surface area contributed by atoms with Gasteiger partial charge in [-0.3, -0.25) is 9.48 Å². The molecule has 1 atom stereocenters. The lowest BCUT2D eigenvalue weighted by atomic mass is 9.90. The number of amides is 1. The van der Waals surface area contributed by atoms with Crippen LogP contribution < -0.4 is 14.8 Å². The largest absolute Gasteiger partial charge is 0.493 e. The fourth-order valence-electron chi connectivity index (χ4n) is 4.92. The van der Waals surface area contributed by atoms with Gasteiger partial charge in [0.1, 0.15) is 0 Å². The second kappa shape index (κ2) is 11.1. The number of ether oxygens (including phenoxy) is 2. The fourth-order valence-corrected chi connectivity index (χ4v) is 4.92. The Morgan fingerprint density at radius 1 is 1.21 bits per heavy atom. The Morgan fingerprint density at radius 2 is 1.97 bits per heavy atom. The molecule has 34 heavy (non-hydrogen) atoms. The van der Waals surface area contributed by atoms with E-state index >= 15 is 0 Å². The summed E-state index contributed by atoms with van der Waals surface area (Å²) < 4.78 is 12.7. The Hall–Kier alpha value is -2.84. The molecule has 1 aliphatic heterocycles. The summed E-state index contributed by atoms with van der Waals surface area (Å²) in [5, 5.41) is 8.47. The Labute approximate surface area is 202 Å². The number of likely N-dealkylation sites (N-methyl/N-ethyl adjacent to an activating group) is 1. The van der Waals surface area contributed by atoms with Gasteiger partial charge in [0.05, 0.1) is 20.8 Å². The van der Waals surface area contributed by atoms with Crippen molar-refractivity contribution >= 4 is 5.91 Å². The van der Waals surface area contributed by atoms with Crippen molar-refractivity contribution < 1.29 is 14.3 Å². The maximum Gasteiger partial charge on any atom is 0.274 e. The van der Waals surface area contributed by atoms with Crippen LogP contribution in [-0.2, 0) is 25.8 Å². The van der Waals surface area contributed by atoms with Crippen LogP contribution in [0.25, 0.3) is 0 Å². The number of fused-ring (bicyclic) bond motifs is 1. The molecule has 1 aliphatic carbocycles. The van der Waals surface area contributed by atoms with Gasteiger partial charge in [0, 0.05) is 43.5 Å². The standard InChI is InChI=1S/C26H37N5O3/c1-5-12-31-22-8-7-20(27-11-10-19-6-9-23(33-3)24(17-19)34-4)18-21(22)25(28-31)26(32)30-15-13-29(2)14-16-30/h5-6,9,17,20,27H,1,7-8,10-16,18H2,2-4H3. The molecule has 0 bridgehead atoms. The van der Waals surface area contributed by atoms with E-state index in [0.717, 1.165) is 75.5 Å². The van der Waals surface area contributed by atoms with E-state index in [0.29, 0.717) is 18.3 Å². The number of hydrogen-bond donors (Lipinski definition) is 1. The van der Waals surface area contributed by atoms with E-state index in [4.69, 9.17) is 14.6 Å². The summed E-state index contributed by atoms with van der Waals surface area (Å²) in [5.74, 6) is 1.57. The highest BCUT2D eigenvalue weighted by Crippen LogP contribution is 2.28. The average Bonchev–Trinajstić information content (AvgIpc) is 3.22. The minimum Gasteiger partial charge on any atom is -0.493 e. The zero-order valence-electron chi connectivity index (χ0n) is 20.7. The lowest BCUT2D eigenvalue weighted by Gasteiger charge is -2.32. The van der Waals surface area contributed by atoms with E-state index in [9.17, 15) is 4.79 Å². The Kier molecular flexibility index (Phi) is 7.90. The number of hydrogen-bond acceptors (Lipinski definition) is 6. The van der Waals surface area contributed by atoms with Gasteiger partial charge in [-0.05, 0) is 57.0 Å². The fraction of sp³-hybridized carbons (Fsp3) is 0.538. The zero-order chi connectivity index (χ0) is 24.1. The number of aromatic nitrogens is 2. The van der Waals surface area contributed by atoms with Crippen molar-refractivity contribution in [3.63, 3.8) is 0 Å². The van der Waals surface area contributed by atoms with E-state index in [1.165, 1.54) is 11.3 Å². The Bertz CT molecular complexity index is 1010. The Balaban J connectivity index is 1.42. The lowest BCUT2D eigenvalue weighted by molar-refractivity contribution is 0.0656. The molecule has 8 heteroatoms. The van der Waals surface area contributed by atoms with Crippen molar-refractivity contribution in [1.29, 1.82) is 0 Å². The first-order chi connectivity index (χ1) is 16.5. The maximum absolute atomic E-state index is 13.4. The third kappa shape index (κ3) is 5.28. The van der Waals surface area contributed by atoms with E-state index in [1.54, 1.807) is 14.2 Å². The van der Waals surface area contributed by atoms with E-state index in [-0.39, 0.29) is 5.91 Å². The molecule has 1 aromatic carbocycles. The molecule has 4 rings (SSSR count). The van der Waals surface area contributed by atoms with Crippen LogP contribution in [0.15, 0.2) is 30.9 Å². The average molecular weight is 468 g/mol. The van der Waals surface area contributed by atoms with Crippen molar-refractivity contribution in [1.82, 2.24) is 24.9 Å². The lowest BCUT2D eigenvalue weighted by Crippen LogP contribution is -2.47. The quantitative estimate of drug-likeness (QED) is 0.570. The number of carbonyl (C=O) groups is 1. The van der Waals surface area contributed by atoms with Crippen molar-refractivity contribution in [3.8, 4) is 11.5 Å². The molecule has 184 valence electrons. The minimum absolute atomic E-state index is 0.0677. The number of nitrogens with zero attached hydrogens (tertiary/aromatic N) is 4. The van der Waals surface area contributed by atoms with Gasteiger partial charge in [0.25, 0.3) is 5.91 Å². The second-order valence-corrected chi connectivity index (χ2v) is 9.17. The number of methoxy groups -OCH3 is 2. The van der Waals surface area contributed by atoms with Crippen LogP contribution in [0, 0.1) is 0 Å². The first-order valence-electron chi connectivity index (χ1n) is 12.2. The third-order valence-corrected chi connectivity index (χ3v) is 6.94. The van der Waals surface area contributed by atoms with Crippen molar-refractivity contribution in [2.75, 3.05) is 54.0 Å². The normalized spacial score (nSPS) is 18.4. The van der Waals surface area contributed by atoms with E-state index in [1.807, 2.05) is 27.8 Å². The van der Waals surface area contributed by atoms with Crippen LogP contribution in [0.4, 0.5) is 0 Å². The predicted molar refractivity (Wildman–Crippen MR) is 133 cm³/mol. The van der Waals surface area contributed by atoms with Crippen LogP contribution in [0.1, 0.15) is 33.7 Å². The van der Waals surface area contributed by atoms with Gasteiger partial charge in [-0.1, -0.05) is 12.1 Å². The highest BCUT2D eigenvalue weighted by atomic mass is 16.5. The zero-order valence-corrected chi connectivity index (χ0v) is 20.7. The first-order valence-corrected chi connectivity index (χ1v) is 12.2. The molecule has 8 nitrogen and oxygen atoms in total. The molecule has 0 radical (unpaired) electrons. The number of nitrogens with one attached hydrogen (secondary N) is 1. The molecule has 1 N–H and O–H groups in total. The summed E-state index contributed by atoms with van der Waals surface area (Å²) in [7, 11) is 5.41. The van der Waals surface area contributed by atoms with Crippen molar-refractivity contribution in [2.45, 2.75) is 38.3 Å².